The summed E-state index contributed by atoms with van der Waals surface area (Å²) >= 11 is 5.93. The summed E-state index contributed by atoms with van der Waals surface area (Å²) in [5.74, 6) is 0.550. The van der Waals surface area contributed by atoms with Crippen molar-refractivity contribution in [1.29, 1.82) is 0 Å². The fourth-order valence-corrected chi connectivity index (χ4v) is 1.99. The van der Waals surface area contributed by atoms with Crippen molar-refractivity contribution < 1.29 is 4.42 Å². The Bertz CT molecular complexity index is 673. The highest BCUT2D eigenvalue weighted by Gasteiger charge is 2.13. The quantitative estimate of drug-likeness (QED) is 0.768. The molecule has 0 atom stereocenters. The van der Waals surface area contributed by atoms with E-state index in [2.05, 4.69) is 5.10 Å². The van der Waals surface area contributed by atoms with Gasteiger partial charge < -0.3 is 10.2 Å². The number of halogens is 1. The van der Waals surface area contributed by atoms with E-state index in [0.29, 0.717) is 16.7 Å². The van der Waals surface area contributed by atoms with Crippen molar-refractivity contribution in [2.75, 3.05) is 5.73 Å². The van der Waals surface area contributed by atoms with Gasteiger partial charge in [-0.15, -0.1) is 0 Å². The number of nitrogens with two attached hydrogens (primary N) is 1. The molecule has 0 radical (unpaired) electrons. The number of para-hydroxylation sites is 1. The zero-order valence-corrected chi connectivity index (χ0v) is 10.1. The van der Waals surface area contributed by atoms with Crippen LogP contribution < -0.4 is 5.73 Å². The second kappa shape index (κ2) is 4.23. The molecule has 4 nitrogen and oxygen atoms in total. The predicted molar refractivity (Wildman–Crippen MR) is 70.7 cm³/mol. The van der Waals surface area contributed by atoms with Crippen LogP contribution in [0.25, 0.3) is 16.9 Å². The van der Waals surface area contributed by atoms with Crippen molar-refractivity contribution in [2.24, 2.45) is 0 Å². The summed E-state index contributed by atoms with van der Waals surface area (Å²) in [4.78, 5) is 0. The van der Waals surface area contributed by atoms with Crippen molar-refractivity contribution in [3.8, 4) is 16.9 Å². The van der Waals surface area contributed by atoms with Gasteiger partial charge in [-0.25, -0.2) is 4.68 Å². The first-order valence-electron chi connectivity index (χ1n) is 5.40. The minimum atomic E-state index is 0.313. The lowest BCUT2D eigenvalue weighted by Crippen LogP contribution is -2.00. The van der Waals surface area contributed by atoms with E-state index in [1.165, 1.54) is 6.26 Å². The van der Waals surface area contributed by atoms with Crippen LogP contribution in [0.1, 0.15) is 0 Å². The van der Waals surface area contributed by atoms with Gasteiger partial charge in [0.1, 0.15) is 5.82 Å². The zero-order valence-electron chi connectivity index (χ0n) is 9.38. The van der Waals surface area contributed by atoms with Crippen LogP contribution in [0.4, 0.5) is 5.82 Å². The number of rotatable bonds is 2. The molecule has 2 heterocycles. The third-order valence-corrected chi connectivity index (χ3v) is 2.92. The summed E-state index contributed by atoms with van der Waals surface area (Å²) in [7, 11) is 0. The van der Waals surface area contributed by atoms with E-state index >= 15 is 0 Å². The Hall–Kier alpha value is -2.20. The first kappa shape index (κ1) is 10.9. The Labute approximate surface area is 109 Å². The van der Waals surface area contributed by atoms with Gasteiger partial charge in [0.2, 0.25) is 5.22 Å². The minimum Gasteiger partial charge on any atom is -0.452 e. The van der Waals surface area contributed by atoms with Crippen molar-refractivity contribution in [2.45, 2.75) is 0 Å². The van der Waals surface area contributed by atoms with Crippen LogP contribution in [0, 0.1) is 0 Å². The van der Waals surface area contributed by atoms with Gasteiger partial charge in [0.15, 0.2) is 0 Å². The number of nitrogen functional groups attached to an aromatic ring is 1. The predicted octanol–water partition coefficient (Wildman–Crippen LogP) is 3.37. The molecule has 3 rings (SSSR count). The van der Waals surface area contributed by atoms with Crippen molar-refractivity contribution in [1.82, 2.24) is 9.78 Å². The molecule has 2 N–H and O–H groups in total. The van der Waals surface area contributed by atoms with Gasteiger partial charge in [0.05, 0.1) is 23.2 Å². The largest absolute Gasteiger partial charge is 0.452 e. The molecule has 0 aliphatic carbocycles. The van der Waals surface area contributed by atoms with Crippen LogP contribution in [-0.2, 0) is 0 Å². The first-order chi connectivity index (χ1) is 8.75. The van der Waals surface area contributed by atoms with E-state index in [0.717, 1.165) is 11.3 Å². The maximum absolute atomic E-state index is 5.96. The second-order valence-corrected chi connectivity index (χ2v) is 4.15. The molecule has 5 heteroatoms. The number of hydrogen-bond donors (Lipinski definition) is 1. The third-order valence-electron chi connectivity index (χ3n) is 2.63. The van der Waals surface area contributed by atoms with Gasteiger partial charge >= 0.3 is 0 Å². The van der Waals surface area contributed by atoms with E-state index in [1.807, 2.05) is 30.3 Å². The molecule has 18 heavy (non-hydrogen) atoms. The van der Waals surface area contributed by atoms with Gasteiger partial charge in [-0.3, -0.25) is 0 Å². The molecule has 0 bridgehead atoms. The van der Waals surface area contributed by atoms with Gasteiger partial charge in [-0.1, -0.05) is 18.2 Å². The fourth-order valence-electron chi connectivity index (χ4n) is 1.78. The van der Waals surface area contributed by atoms with E-state index in [-0.39, 0.29) is 0 Å². The van der Waals surface area contributed by atoms with Crippen molar-refractivity contribution in [3.05, 3.63) is 53.9 Å². The standard InChI is InChI=1S/C13H10ClN3O/c14-13-10(6-7-18-13)11-8-12(15)17(16-11)9-4-2-1-3-5-9/h1-8H,15H2. The summed E-state index contributed by atoms with van der Waals surface area (Å²) in [5, 5.41) is 4.74. The van der Waals surface area contributed by atoms with Gasteiger partial charge in [0.25, 0.3) is 0 Å². The summed E-state index contributed by atoms with van der Waals surface area (Å²) in [6.45, 7) is 0. The fraction of sp³-hybridized carbons (Fsp3) is 0. The monoisotopic (exact) mass is 259 g/mol. The summed E-state index contributed by atoms with van der Waals surface area (Å²) < 4.78 is 6.71. The average Bonchev–Trinajstić information content (AvgIpc) is 2.96. The Morgan fingerprint density at radius 2 is 1.94 bits per heavy atom. The molecular formula is C13H10ClN3O. The van der Waals surface area contributed by atoms with Gasteiger partial charge in [-0.2, -0.15) is 5.10 Å². The molecule has 0 saturated carbocycles. The molecule has 0 spiro atoms. The highest BCUT2D eigenvalue weighted by Crippen LogP contribution is 2.29. The lowest BCUT2D eigenvalue weighted by Gasteiger charge is -2.02. The Morgan fingerprint density at radius 1 is 1.17 bits per heavy atom. The number of benzene rings is 1. The highest BCUT2D eigenvalue weighted by atomic mass is 35.5. The maximum Gasteiger partial charge on any atom is 0.202 e. The average molecular weight is 260 g/mol. The lowest BCUT2D eigenvalue weighted by atomic mass is 10.2. The molecule has 90 valence electrons. The smallest absolute Gasteiger partial charge is 0.202 e. The number of hydrogen-bond acceptors (Lipinski definition) is 3. The van der Waals surface area contributed by atoms with Crippen LogP contribution >= 0.6 is 11.6 Å². The molecule has 0 saturated heterocycles. The van der Waals surface area contributed by atoms with Crippen LogP contribution in [0.15, 0.2) is 53.1 Å². The lowest BCUT2D eigenvalue weighted by molar-refractivity contribution is 0.570. The molecule has 0 unspecified atom stereocenters. The van der Waals surface area contributed by atoms with E-state index in [1.54, 1.807) is 16.8 Å². The topological polar surface area (TPSA) is 57.0 Å². The highest BCUT2D eigenvalue weighted by molar-refractivity contribution is 6.31. The number of aromatic nitrogens is 2. The number of furan rings is 1. The molecule has 0 aliphatic heterocycles. The normalized spacial score (nSPS) is 10.7. The Balaban J connectivity index is 2.10. The summed E-state index contributed by atoms with van der Waals surface area (Å²) in [6.07, 6.45) is 1.52. The van der Waals surface area contributed by atoms with Crippen LogP contribution in [0.5, 0.6) is 0 Å². The van der Waals surface area contributed by atoms with E-state index in [4.69, 9.17) is 21.8 Å². The minimum absolute atomic E-state index is 0.313. The van der Waals surface area contributed by atoms with E-state index < -0.39 is 0 Å². The van der Waals surface area contributed by atoms with Gasteiger partial charge in [-0.05, 0) is 29.8 Å². The van der Waals surface area contributed by atoms with Crippen molar-refractivity contribution >= 4 is 17.4 Å². The van der Waals surface area contributed by atoms with E-state index in [9.17, 15) is 0 Å². The number of anilines is 1. The second-order valence-electron chi connectivity index (χ2n) is 3.81. The Morgan fingerprint density at radius 3 is 2.61 bits per heavy atom. The molecular weight excluding hydrogens is 250 g/mol. The molecule has 0 fully saturated rings. The SMILES string of the molecule is Nc1cc(-c2ccoc2Cl)nn1-c1ccccc1. The van der Waals surface area contributed by atoms with Crippen molar-refractivity contribution in [3.63, 3.8) is 0 Å². The number of nitrogens with zero attached hydrogens (tertiary/aromatic N) is 2. The maximum atomic E-state index is 5.96. The first-order valence-corrected chi connectivity index (χ1v) is 5.78. The molecule has 2 aromatic heterocycles. The van der Waals surface area contributed by atoms with Crippen LogP contribution in [-0.4, -0.2) is 9.78 Å². The van der Waals surface area contributed by atoms with Crippen LogP contribution in [0.2, 0.25) is 5.22 Å². The van der Waals surface area contributed by atoms with Crippen LogP contribution in [0.3, 0.4) is 0 Å². The molecule has 0 aliphatic rings. The molecule has 0 amide bonds. The third kappa shape index (κ3) is 1.76. The summed E-state index contributed by atoms with van der Waals surface area (Å²) in [5.41, 5.74) is 8.28. The molecule has 3 aromatic rings. The summed E-state index contributed by atoms with van der Waals surface area (Å²) in [6, 6.07) is 13.2. The zero-order chi connectivity index (χ0) is 12.5. The van der Waals surface area contributed by atoms with Gasteiger partial charge in [0, 0.05) is 6.07 Å². The molecule has 1 aromatic carbocycles. The Kier molecular flexibility index (Phi) is 2.57.